The van der Waals surface area contributed by atoms with Gasteiger partial charge in [0.2, 0.25) is 10.0 Å². The van der Waals surface area contributed by atoms with Gasteiger partial charge in [-0.3, -0.25) is 4.99 Å². The van der Waals surface area contributed by atoms with E-state index in [1.165, 1.54) is 0 Å². The van der Waals surface area contributed by atoms with Gasteiger partial charge in [0, 0.05) is 43.1 Å². The number of nitrogens with zero attached hydrogens (tertiary/aromatic N) is 3. The lowest BCUT2D eigenvalue weighted by molar-refractivity contribution is 0.443. The van der Waals surface area contributed by atoms with Crippen LogP contribution in [0.25, 0.3) is 0 Å². The molecule has 0 atom stereocenters. The summed E-state index contributed by atoms with van der Waals surface area (Å²) in [4.78, 5) is 9.69. The predicted molar refractivity (Wildman–Crippen MR) is 102 cm³/mol. The van der Waals surface area contributed by atoms with Crippen molar-refractivity contribution >= 4 is 39.1 Å². The van der Waals surface area contributed by atoms with Gasteiger partial charge in [0.1, 0.15) is 0 Å². The SMILES string of the molecule is CN=C(NCCS(=O)(=O)N1CCSCC1)NCc1sc(C)nc1C. The van der Waals surface area contributed by atoms with Crippen LogP contribution in [0.4, 0.5) is 0 Å². The summed E-state index contributed by atoms with van der Waals surface area (Å²) in [5, 5.41) is 7.32. The molecular formula is C14H25N5O2S3. The van der Waals surface area contributed by atoms with E-state index in [4.69, 9.17) is 0 Å². The summed E-state index contributed by atoms with van der Waals surface area (Å²) in [5.41, 5.74) is 1.02. The highest BCUT2D eigenvalue weighted by molar-refractivity contribution is 7.99. The number of aromatic nitrogens is 1. The molecule has 0 bridgehead atoms. The van der Waals surface area contributed by atoms with Crippen LogP contribution in [0.3, 0.4) is 0 Å². The van der Waals surface area contributed by atoms with Crippen molar-refractivity contribution in [2.24, 2.45) is 4.99 Å². The number of thiazole rings is 1. The minimum absolute atomic E-state index is 0.0804. The minimum Gasteiger partial charge on any atom is -0.355 e. The number of rotatable bonds is 6. The zero-order valence-corrected chi connectivity index (χ0v) is 16.8. The first-order valence-electron chi connectivity index (χ1n) is 7.85. The second-order valence-corrected chi connectivity index (χ2v) is 10.0. The summed E-state index contributed by atoms with van der Waals surface area (Å²) in [5.74, 6) is 2.44. The fraction of sp³-hybridized carbons (Fsp3) is 0.714. The van der Waals surface area contributed by atoms with E-state index in [0.29, 0.717) is 32.1 Å². The first-order valence-corrected chi connectivity index (χ1v) is 11.4. The Morgan fingerprint density at radius 3 is 2.58 bits per heavy atom. The topological polar surface area (TPSA) is 86.7 Å². The third kappa shape index (κ3) is 5.61. The average molecular weight is 392 g/mol. The molecule has 7 nitrogen and oxygen atoms in total. The van der Waals surface area contributed by atoms with E-state index in [0.717, 1.165) is 27.1 Å². The van der Waals surface area contributed by atoms with E-state index in [1.807, 2.05) is 13.8 Å². The summed E-state index contributed by atoms with van der Waals surface area (Å²) >= 11 is 3.45. The van der Waals surface area contributed by atoms with Gasteiger partial charge in [-0.25, -0.2) is 17.7 Å². The number of guanidine groups is 1. The van der Waals surface area contributed by atoms with Crippen molar-refractivity contribution in [3.8, 4) is 0 Å². The van der Waals surface area contributed by atoms with Crippen molar-refractivity contribution in [1.29, 1.82) is 0 Å². The third-order valence-electron chi connectivity index (χ3n) is 3.66. The molecule has 1 aromatic rings. The number of sulfonamides is 1. The average Bonchev–Trinajstić information content (AvgIpc) is 2.89. The molecule has 2 N–H and O–H groups in total. The third-order valence-corrected chi connectivity index (χ3v) is 7.54. The number of aryl methyl sites for hydroxylation is 2. The Morgan fingerprint density at radius 2 is 2.00 bits per heavy atom. The lowest BCUT2D eigenvalue weighted by Crippen LogP contribution is -2.44. The molecule has 0 amide bonds. The van der Waals surface area contributed by atoms with Crippen molar-refractivity contribution in [3.05, 3.63) is 15.6 Å². The van der Waals surface area contributed by atoms with Crippen LogP contribution in [0.5, 0.6) is 0 Å². The van der Waals surface area contributed by atoms with Crippen LogP contribution in [-0.4, -0.2) is 67.6 Å². The smallest absolute Gasteiger partial charge is 0.215 e. The molecule has 2 rings (SSSR count). The molecule has 10 heteroatoms. The van der Waals surface area contributed by atoms with Gasteiger partial charge in [0.15, 0.2) is 5.96 Å². The number of nitrogens with one attached hydrogen (secondary N) is 2. The molecule has 1 saturated heterocycles. The molecule has 0 radical (unpaired) electrons. The maximum Gasteiger partial charge on any atom is 0.215 e. The van der Waals surface area contributed by atoms with Gasteiger partial charge in [-0.05, 0) is 13.8 Å². The summed E-state index contributed by atoms with van der Waals surface area (Å²) in [7, 11) is -1.51. The molecule has 0 saturated carbocycles. The molecule has 24 heavy (non-hydrogen) atoms. The normalized spacial score (nSPS) is 17.0. The van der Waals surface area contributed by atoms with Crippen LogP contribution in [-0.2, 0) is 16.6 Å². The first kappa shape index (κ1) is 19.5. The largest absolute Gasteiger partial charge is 0.355 e. The van der Waals surface area contributed by atoms with Crippen molar-refractivity contribution in [2.45, 2.75) is 20.4 Å². The van der Waals surface area contributed by atoms with Crippen LogP contribution in [0.1, 0.15) is 15.6 Å². The van der Waals surface area contributed by atoms with Gasteiger partial charge in [0.25, 0.3) is 0 Å². The lowest BCUT2D eigenvalue weighted by atomic mass is 10.4. The maximum atomic E-state index is 12.3. The minimum atomic E-state index is -3.19. The monoisotopic (exact) mass is 391 g/mol. The lowest BCUT2D eigenvalue weighted by Gasteiger charge is -2.25. The van der Waals surface area contributed by atoms with E-state index in [-0.39, 0.29) is 5.75 Å². The Labute approximate surface area is 152 Å². The predicted octanol–water partition coefficient (Wildman–Crippen LogP) is 0.804. The van der Waals surface area contributed by atoms with E-state index in [2.05, 4.69) is 20.6 Å². The second kappa shape index (κ2) is 9.02. The van der Waals surface area contributed by atoms with Gasteiger partial charge < -0.3 is 10.6 Å². The van der Waals surface area contributed by atoms with Crippen molar-refractivity contribution in [3.63, 3.8) is 0 Å². The van der Waals surface area contributed by atoms with Crippen LogP contribution in [0.2, 0.25) is 0 Å². The van der Waals surface area contributed by atoms with E-state index in [1.54, 1.807) is 34.5 Å². The number of thioether (sulfide) groups is 1. The number of hydrogen-bond donors (Lipinski definition) is 2. The molecular weight excluding hydrogens is 366 g/mol. The summed E-state index contributed by atoms with van der Waals surface area (Å²) in [6, 6.07) is 0. The first-order chi connectivity index (χ1) is 11.4. The summed E-state index contributed by atoms with van der Waals surface area (Å²) < 4.78 is 26.2. The Morgan fingerprint density at radius 1 is 1.29 bits per heavy atom. The molecule has 2 heterocycles. The van der Waals surface area contributed by atoms with E-state index in [9.17, 15) is 8.42 Å². The summed E-state index contributed by atoms with van der Waals surface area (Å²) in [6.07, 6.45) is 0. The van der Waals surface area contributed by atoms with Gasteiger partial charge in [-0.2, -0.15) is 11.8 Å². The molecule has 1 aliphatic heterocycles. The molecule has 136 valence electrons. The highest BCUT2D eigenvalue weighted by atomic mass is 32.2. The molecule has 1 aliphatic rings. The Bertz CT molecular complexity index is 666. The summed E-state index contributed by atoms with van der Waals surface area (Å²) in [6.45, 7) is 6.17. The highest BCUT2D eigenvalue weighted by Crippen LogP contribution is 2.16. The number of hydrogen-bond acceptors (Lipinski definition) is 6. The van der Waals surface area contributed by atoms with Crippen molar-refractivity contribution < 1.29 is 8.42 Å². The maximum absolute atomic E-state index is 12.3. The van der Waals surface area contributed by atoms with Crippen LogP contribution in [0.15, 0.2) is 4.99 Å². The zero-order valence-electron chi connectivity index (χ0n) is 14.3. The van der Waals surface area contributed by atoms with Crippen molar-refractivity contribution in [1.82, 2.24) is 19.9 Å². The fourth-order valence-electron chi connectivity index (χ4n) is 2.37. The second-order valence-electron chi connectivity index (χ2n) is 5.42. The van der Waals surface area contributed by atoms with Crippen molar-refractivity contribution in [2.75, 3.05) is 43.9 Å². The van der Waals surface area contributed by atoms with Gasteiger partial charge in [0.05, 0.1) is 23.0 Å². The standard InChI is InChI=1S/C14H25N5O2S3/c1-11-13(23-12(2)18-11)10-17-14(15-3)16-4-9-24(20,21)19-5-7-22-8-6-19/h4-10H2,1-3H3,(H2,15,16,17). The molecule has 0 aromatic carbocycles. The Hall–Kier alpha value is -0.840. The fourth-order valence-corrected chi connectivity index (χ4v) is 5.74. The van der Waals surface area contributed by atoms with E-state index >= 15 is 0 Å². The Kier molecular flexibility index (Phi) is 7.33. The molecule has 1 fully saturated rings. The molecule has 0 aliphatic carbocycles. The molecule has 1 aromatic heterocycles. The molecule has 0 spiro atoms. The van der Waals surface area contributed by atoms with Crippen LogP contribution >= 0.6 is 23.1 Å². The van der Waals surface area contributed by atoms with Gasteiger partial charge in [-0.15, -0.1) is 11.3 Å². The molecule has 0 unspecified atom stereocenters. The Balaban J connectivity index is 1.78. The zero-order chi connectivity index (χ0) is 17.6. The van der Waals surface area contributed by atoms with E-state index < -0.39 is 10.0 Å². The van der Waals surface area contributed by atoms with Crippen LogP contribution < -0.4 is 10.6 Å². The quantitative estimate of drug-likeness (QED) is 0.551. The number of aliphatic imine (C=N–C) groups is 1. The van der Waals surface area contributed by atoms with Gasteiger partial charge >= 0.3 is 0 Å². The van der Waals surface area contributed by atoms with Crippen LogP contribution in [0, 0.1) is 13.8 Å². The van der Waals surface area contributed by atoms with Gasteiger partial charge in [-0.1, -0.05) is 0 Å². The highest BCUT2D eigenvalue weighted by Gasteiger charge is 2.23.